The van der Waals surface area contributed by atoms with Gasteiger partial charge in [0.2, 0.25) is 0 Å². The largest absolute Gasteiger partial charge is 0.448 e. The molecule has 1 aliphatic rings. The molecule has 5 heteroatoms. The first-order chi connectivity index (χ1) is 8.68. The molecule has 18 heavy (non-hydrogen) atoms. The van der Waals surface area contributed by atoms with Crippen LogP contribution in [0.15, 0.2) is 24.3 Å². The van der Waals surface area contributed by atoms with Gasteiger partial charge in [-0.2, -0.15) is 0 Å². The first kappa shape index (κ1) is 12.4. The standard InChI is InChI=1S/C13H16N2O3/c1-10-4-2-3-5-11(10)12(16)14-6-7-15-8-9-18-13(15)17/h2-5H,6-9H2,1H3,(H,14,16). The highest BCUT2D eigenvalue weighted by molar-refractivity contribution is 5.95. The van der Waals surface area contributed by atoms with Crippen LogP contribution in [0.3, 0.4) is 0 Å². The maximum Gasteiger partial charge on any atom is 0.409 e. The van der Waals surface area contributed by atoms with Crippen LogP contribution in [0.4, 0.5) is 4.79 Å². The fraction of sp³-hybridized carbons (Fsp3) is 0.385. The van der Waals surface area contributed by atoms with Gasteiger partial charge in [0.05, 0.1) is 6.54 Å². The van der Waals surface area contributed by atoms with Gasteiger partial charge in [0.25, 0.3) is 5.91 Å². The zero-order chi connectivity index (χ0) is 13.0. The molecule has 0 aliphatic carbocycles. The second-order valence-corrected chi connectivity index (χ2v) is 4.17. The fourth-order valence-corrected chi connectivity index (χ4v) is 1.86. The molecule has 0 aromatic heterocycles. The molecule has 96 valence electrons. The van der Waals surface area contributed by atoms with Crippen molar-refractivity contribution in [1.29, 1.82) is 0 Å². The summed E-state index contributed by atoms with van der Waals surface area (Å²) in [5, 5.41) is 2.80. The van der Waals surface area contributed by atoms with Crippen molar-refractivity contribution >= 4 is 12.0 Å². The molecule has 0 spiro atoms. The molecule has 1 aromatic rings. The third kappa shape index (κ3) is 2.80. The summed E-state index contributed by atoms with van der Waals surface area (Å²) >= 11 is 0. The number of nitrogens with one attached hydrogen (secondary N) is 1. The predicted molar refractivity (Wildman–Crippen MR) is 66.4 cm³/mol. The Labute approximate surface area is 106 Å². The van der Waals surface area contributed by atoms with Gasteiger partial charge >= 0.3 is 6.09 Å². The molecule has 1 N–H and O–H groups in total. The molecule has 1 aromatic carbocycles. The average Bonchev–Trinajstić information content (AvgIpc) is 2.75. The normalized spacial score (nSPS) is 14.5. The summed E-state index contributed by atoms with van der Waals surface area (Å²) in [5.74, 6) is -0.110. The van der Waals surface area contributed by atoms with Crippen LogP contribution < -0.4 is 5.32 Å². The van der Waals surface area contributed by atoms with Crippen molar-refractivity contribution in [3.8, 4) is 0 Å². The van der Waals surface area contributed by atoms with E-state index in [1.807, 2.05) is 25.1 Å². The van der Waals surface area contributed by atoms with Crippen LogP contribution in [0.5, 0.6) is 0 Å². The summed E-state index contributed by atoms with van der Waals surface area (Å²) in [5.41, 5.74) is 1.61. The predicted octanol–water partition coefficient (Wildman–Crippen LogP) is 1.18. The molecular weight excluding hydrogens is 232 g/mol. The minimum absolute atomic E-state index is 0.110. The van der Waals surface area contributed by atoms with Gasteiger partial charge in [-0.25, -0.2) is 4.79 Å². The van der Waals surface area contributed by atoms with Crippen LogP contribution in [0, 0.1) is 6.92 Å². The molecule has 2 rings (SSSR count). The fourth-order valence-electron chi connectivity index (χ4n) is 1.86. The number of carbonyl (C=O) groups is 2. The Kier molecular flexibility index (Phi) is 3.82. The van der Waals surface area contributed by atoms with Gasteiger partial charge in [-0.05, 0) is 18.6 Å². The SMILES string of the molecule is Cc1ccccc1C(=O)NCCN1CCOC1=O. The molecule has 1 aliphatic heterocycles. The lowest BCUT2D eigenvalue weighted by molar-refractivity contribution is 0.0948. The number of amides is 2. The van der Waals surface area contributed by atoms with E-state index >= 15 is 0 Å². The highest BCUT2D eigenvalue weighted by atomic mass is 16.6. The zero-order valence-electron chi connectivity index (χ0n) is 10.3. The minimum atomic E-state index is -0.305. The lowest BCUT2D eigenvalue weighted by Crippen LogP contribution is -2.35. The maximum absolute atomic E-state index is 11.9. The Morgan fingerprint density at radius 3 is 2.89 bits per heavy atom. The number of carbonyl (C=O) groups excluding carboxylic acids is 2. The number of aryl methyl sites for hydroxylation is 1. The van der Waals surface area contributed by atoms with E-state index in [-0.39, 0.29) is 12.0 Å². The maximum atomic E-state index is 11.9. The lowest BCUT2D eigenvalue weighted by atomic mass is 10.1. The van der Waals surface area contributed by atoms with Crippen LogP contribution in [-0.2, 0) is 4.74 Å². The van der Waals surface area contributed by atoms with Gasteiger partial charge < -0.3 is 15.0 Å². The summed E-state index contributed by atoms with van der Waals surface area (Å²) in [7, 11) is 0. The number of rotatable bonds is 4. The van der Waals surface area contributed by atoms with Crippen molar-refractivity contribution in [3.05, 3.63) is 35.4 Å². The molecular formula is C13H16N2O3. The van der Waals surface area contributed by atoms with Gasteiger partial charge in [-0.1, -0.05) is 18.2 Å². The number of hydrogen-bond acceptors (Lipinski definition) is 3. The first-order valence-electron chi connectivity index (χ1n) is 5.94. The van der Waals surface area contributed by atoms with E-state index in [0.29, 0.717) is 31.8 Å². The van der Waals surface area contributed by atoms with Crippen LogP contribution in [0.1, 0.15) is 15.9 Å². The molecule has 0 saturated carbocycles. The Morgan fingerprint density at radius 1 is 1.44 bits per heavy atom. The smallest absolute Gasteiger partial charge is 0.409 e. The van der Waals surface area contributed by atoms with Crippen LogP contribution in [-0.4, -0.2) is 43.1 Å². The molecule has 1 heterocycles. The Morgan fingerprint density at radius 2 is 2.22 bits per heavy atom. The summed E-state index contributed by atoms with van der Waals surface area (Å²) in [4.78, 5) is 24.6. The van der Waals surface area contributed by atoms with E-state index in [1.54, 1.807) is 11.0 Å². The molecule has 0 unspecified atom stereocenters. The van der Waals surface area contributed by atoms with E-state index in [1.165, 1.54) is 0 Å². The summed E-state index contributed by atoms with van der Waals surface area (Å²) in [6.07, 6.45) is -0.305. The first-order valence-corrected chi connectivity index (χ1v) is 5.94. The third-order valence-electron chi connectivity index (χ3n) is 2.90. The van der Waals surface area contributed by atoms with Gasteiger partial charge in [0.1, 0.15) is 6.61 Å². The number of hydrogen-bond donors (Lipinski definition) is 1. The number of nitrogens with zero attached hydrogens (tertiary/aromatic N) is 1. The summed E-state index contributed by atoms with van der Waals surface area (Å²) in [6, 6.07) is 7.41. The number of ether oxygens (including phenoxy) is 1. The average molecular weight is 248 g/mol. The number of benzene rings is 1. The quantitative estimate of drug-likeness (QED) is 0.870. The van der Waals surface area contributed by atoms with Gasteiger partial charge in [-0.3, -0.25) is 4.79 Å². The van der Waals surface area contributed by atoms with Crippen molar-refractivity contribution in [3.63, 3.8) is 0 Å². The molecule has 0 atom stereocenters. The minimum Gasteiger partial charge on any atom is -0.448 e. The lowest BCUT2D eigenvalue weighted by Gasteiger charge is -2.13. The van der Waals surface area contributed by atoms with Crippen molar-refractivity contribution in [1.82, 2.24) is 10.2 Å². The van der Waals surface area contributed by atoms with E-state index in [2.05, 4.69) is 5.32 Å². The third-order valence-corrected chi connectivity index (χ3v) is 2.90. The molecule has 0 radical (unpaired) electrons. The summed E-state index contributed by atoms with van der Waals surface area (Å²) in [6.45, 7) is 3.84. The van der Waals surface area contributed by atoms with Crippen molar-refractivity contribution in [2.24, 2.45) is 0 Å². The Bertz CT molecular complexity index is 459. The summed E-state index contributed by atoms with van der Waals surface area (Å²) < 4.78 is 4.80. The highest BCUT2D eigenvalue weighted by Crippen LogP contribution is 2.06. The second-order valence-electron chi connectivity index (χ2n) is 4.17. The van der Waals surface area contributed by atoms with Gasteiger partial charge in [0, 0.05) is 18.7 Å². The zero-order valence-corrected chi connectivity index (χ0v) is 10.3. The van der Waals surface area contributed by atoms with Crippen molar-refractivity contribution in [2.75, 3.05) is 26.2 Å². The molecule has 0 bridgehead atoms. The molecule has 2 amide bonds. The Hall–Kier alpha value is -2.04. The monoisotopic (exact) mass is 248 g/mol. The van der Waals surface area contributed by atoms with E-state index in [9.17, 15) is 9.59 Å². The molecule has 5 nitrogen and oxygen atoms in total. The van der Waals surface area contributed by atoms with Crippen LogP contribution >= 0.6 is 0 Å². The van der Waals surface area contributed by atoms with Crippen molar-refractivity contribution in [2.45, 2.75) is 6.92 Å². The van der Waals surface area contributed by atoms with Gasteiger partial charge in [0.15, 0.2) is 0 Å². The Balaban J connectivity index is 1.82. The van der Waals surface area contributed by atoms with Crippen molar-refractivity contribution < 1.29 is 14.3 Å². The molecule has 1 fully saturated rings. The number of cyclic esters (lactones) is 1. The topological polar surface area (TPSA) is 58.6 Å². The van der Waals surface area contributed by atoms with E-state index in [4.69, 9.17) is 4.74 Å². The van der Waals surface area contributed by atoms with Gasteiger partial charge in [-0.15, -0.1) is 0 Å². The van der Waals surface area contributed by atoms with E-state index in [0.717, 1.165) is 5.56 Å². The molecule has 1 saturated heterocycles. The second kappa shape index (κ2) is 5.53. The highest BCUT2D eigenvalue weighted by Gasteiger charge is 2.21. The van der Waals surface area contributed by atoms with Crippen LogP contribution in [0.2, 0.25) is 0 Å². The van der Waals surface area contributed by atoms with Crippen LogP contribution in [0.25, 0.3) is 0 Å². The van der Waals surface area contributed by atoms with E-state index < -0.39 is 0 Å².